The first-order valence-corrected chi connectivity index (χ1v) is 9.59. The van der Waals surface area contributed by atoms with Crippen LogP contribution in [0.3, 0.4) is 0 Å². The Kier molecular flexibility index (Phi) is 6.58. The van der Waals surface area contributed by atoms with E-state index in [2.05, 4.69) is 20.5 Å². The number of sulfonamides is 1. The number of amides is 1. The molecule has 2 heterocycles. The van der Waals surface area contributed by atoms with Crippen LogP contribution in [0.4, 0.5) is 10.1 Å². The first-order valence-electron chi connectivity index (χ1n) is 8.11. The zero-order valence-corrected chi connectivity index (χ0v) is 16.5. The largest absolute Gasteiger partial charge is 0.322 e. The Hall–Kier alpha value is -2.01. The Morgan fingerprint density at radius 2 is 2.15 bits per heavy atom. The first kappa shape index (κ1) is 21.3. The van der Waals surface area contributed by atoms with Crippen molar-refractivity contribution in [1.82, 2.24) is 19.8 Å². The van der Waals surface area contributed by atoms with Crippen molar-refractivity contribution in [3.63, 3.8) is 0 Å². The normalized spacial score (nSPS) is 14.8. The Bertz CT molecular complexity index is 948. The van der Waals surface area contributed by atoms with E-state index in [4.69, 9.17) is 0 Å². The number of nitrogens with zero attached hydrogens (tertiary/aromatic N) is 2. The Balaban J connectivity index is 0.00000261. The van der Waals surface area contributed by atoms with Gasteiger partial charge in [0, 0.05) is 19.8 Å². The number of anilines is 1. The van der Waals surface area contributed by atoms with Gasteiger partial charge >= 0.3 is 0 Å². The summed E-state index contributed by atoms with van der Waals surface area (Å²) in [7, 11) is -2.31. The van der Waals surface area contributed by atoms with Crippen molar-refractivity contribution in [1.29, 1.82) is 0 Å². The standard InChI is InChI=1S/C16H20FN5O3S.ClH/c1-10(21-26(24,25)12-8-19-22(2)9-12)16(23)20-14-4-3-11-7-18-6-5-13(11)15(14)17;/h3-4,8-10,18,21H,5-7H2,1-2H3,(H,20,23);1H. The first-order chi connectivity index (χ1) is 12.3. The van der Waals surface area contributed by atoms with Gasteiger partial charge in [-0.2, -0.15) is 9.82 Å². The van der Waals surface area contributed by atoms with Gasteiger partial charge in [-0.25, -0.2) is 12.8 Å². The fourth-order valence-corrected chi connectivity index (χ4v) is 3.95. The second kappa shape index (κ2) is 8.34. The molecule has 1 aromatic heterocycles. The topological polar surface area (TPSA) is 105 Å². The van der Waals surface area contributed by atoms with Gasteiger partial charge in [0.25, 0.3) is 0 Å². The predicted molar refractivity (Wildman–Crippen MR) is 101 cm³/mol. The quantitative estimate of drug-likeness (QED) is 0.671. The van der Waals surface area contributed by atoms with Crippen LogP contribution in [0.2, 0.25) is 0 Å². The van der Waals surface area contributed by atoms with Gasteiger partial charge in [-0.15, -0.1) is 12.4 Å². The van der Waals surface area contributed by atoms with Crippen LogP contribution in [0.25, 0.3) is 0 Å². The van der Waals surface area contributed by atoms with Crippen LogP contribution < -0.4 is 15.4 Å². The van der Waals surface area contributed by atoms with Crippen LogP contribution in [-0.4, -0.2) is 36.7 Å². The number of benzene rings is 1. The molecule has 1 amide bonds. The third-order valence-electron chi connectivity index (χ3n) is 4.18. The SMILES string of the molecule is CC(NS(=O)(=O)c1cnn(C)c1)C(=O)Nc1ccc2c(c1F)CCNC2.Cl. The minimum Gasteiger partial charge on any atom is -0.322 e. The molecule has 0 spiro atoms. The average molecular weight is 418 g/mol. The Morgan fingerprint density at radius 3 is 2.81 bits per heavy atom. The van der Waals surface area contributed by atoms with E-state index in [1.165, 1.54) is 30.1 Å². The molecular weight excluding hydrogens is 397 g/mol. The van der Waals surface area contributed by atoms with E-state index in [0.717, 1.165) is 5.56 Å². The summed E-state index contributed by atoms with van der Waals surface area (Å²) < 4.78 is 42.7. The lowest BCUT2D eigenvalue weighted by atomic mass is 9.99. The third-order valence-corrected chi connectivity index (χ3v) is 5.68. The van der Waals surface area contributed by atoms with E-state index in [-0.39, 0.29) is 23.0 Å². The van der Waals surface area contributed by atoms with Crippen molar-refractivity contribution in [2.45, 2.75) is 30.8 Å². The maximum atomic E-state index is 14.6. The highest BCUT2D eigenvalue weighted by molar-refractivity contribution is 7.89. The van der Waals surface area contributed by atoms with E-state index in [0.29, 0.717) is 25.1 Å². The van der Waals surface area contributed by atoms with Crippen LogP contribution in [0, 0.1) is 5.82 Å². The summed E-state index contributed by atoms with van der Waals surface area (Å²) in [5, 5.41) is 9.41. The number of rotatable bonds is 5. The molecule has 27 heavy (non-hydrogen) atoms. The number of aromatic nitrogens is 2. The molecule has 148 valence electrons. The molecule has 1 atom stereocenters. The van der Waals surface area contributed by atoms with Crippen LogP contribution in [0.15, 0.2) is 29.4 Å². The van der Waals surface area contributed by atoms with Gasteiger partial charge < -0.3 is 10.6 Å². The number of aryl methyl sites for hydroxylation is 1. The molecule has 2 aromatic rings. The van der Waals surface area contributed by atoms with Gasteiger partial charge in [-0.05, 0) is 37.1 Å². The predicted octanol–water partition coefficient (Wildman–Crippen LogP) is 0.932. The number of carbonyl (C=O) groups excluding carboxylic acids is 1. The molecule has 3 rings (SSSR count). The van der Waals surface area contributed by atoms with E-state index in [9.17, 15) is 17.6 Å². The van der Waals surface area contributed by atoms with Gasteiger partial charge in [0.15, 0.2) is 0 Å². The van der Waals surface area contributed by atoms with Crippen LogP contribution in [-0.2, 0) is 34.8 Å². The molecule has 0 fully saturated rings. The van der Waals surface area contributed by atoms with Crippen molar-refractivity contribution in [2.75, 3.05) is 11.9 Å². The summed E-state index contributed by atoms with van der Waals surface area (Å²) in [6.07, 6.45) is 3.04. The van der Waals surface area contributed by atoms with Crippen molar-refractivity contribution in [2.24, 2.45) is 7.05 Å². The zero-order chi connectivity index (χ0) is 18.9. The molecule has 0 radical (unpaired) electrons. The smallest absolute Gasteiger partial charge is 0.244 e. The lowest BCUT2D eigenvalue weighted by Crippen LogP contribution is -2.41. The second-order valence-electron chi connectivity index (χ2n) is 6.17. The van der Waals surface area contributed by atoms with Crippen molar-refractivity contribution in [3.05, 3.63) is 41.5 Å². The molecule has 0 bridgehead atoms. The molecule has 0 saturated carbocycles. The summed E-state index contributed by atoms with van der Waals surface area (Å²) >= 11 is 0. The van der Waals surface area contributed by atoms with Crippen LogP contribution in [0.5, 0.6) is 0 Å². The maximum absolute atomic E-state index is 14.6. The lowest BCUT2D eigenvalue weighted by molar-refractivity contribution is -0.117. The van der Waals surface area contributed by atoms with Crippen LogP contribution in [0.1, 0.15) is 18.1 Å². The molecule has 8 nitrogen and oxygen atoms in total. The third kappa shape index (κ3) is 4.64. The summed E-state index contributed by atoms with van der Waals surface area (Å²) in [4.78, 5) is 12.3. The lowest BCUT2D eigenvalue weighted by Gasteiger charge is -2.20. The molecule has 11 heteroatoms. The number of fused-ring (bicyclic) bond motifs is 1. The number of hydrogen-bond donors (Lipinski definition) is 3. The zero-order valence-electron chi connectivity index (χ0n) is 14.8. The van der Waals surface area contributed by atoms with E-state index in [1.807, 2.05) is 0 Å². The Morgan fingerprint density at radius 1 is 1.41 bits per heavy atom. The molecule has 0 saturated heterocycles. The highest BCUT2D eigenvalue weighted by Crippen LogP contribution is 2.24. The highest BCUT2D eigenvalue weighted by Gasteiger charge is 2.24. The van der Waals surface area contributed by atoms with E-state index >= 15 is 0 Å². The second-order valence-corrected chi connectivity index (χ2v) is 7.89. The van der Waals surface area contributed by atoms with Crippen molar-refractivity contribution >= 4 is 34.0 Å². The maximum Gasteiger partial charge on any atom is 0.244 e. The van der Waals surface area contributed by atoms with E-state index < -0.39 is 27.8 Å². The van der Waals surface area contributed by atoms with Crippen LogP contribution >= 0.6 is 12.4 Å². The monoisotopic (exact) mass is 417 g/mol. The van der Waals surface area contributed by atoms with Crippen molar-refractivity contribution < 1.29 is 17.6 Å². The minimum absolute atomic E-state index is 0. The molecule has 1 aromatic carbocycles. The molecule has 1 aliphatic rings. The summed E-state index contributed by atoms with van der Waals surface area (Å²) in [6, 6.07) is 2.16. The van der Waals surface area contributed by atoms with Gasteiger partial charge in [0.05, 0.1) is 17.9 Å². The summed E-state index contributed by atoms with van der Waals surface area (Å²) in [5.41, 5.74) is 1.48. The van der Waals surface area contributed by atoms with Gasteiger partial charge in [-0.1, -0.05) is 6.07 Å². The number of nitrogens with one attached hydrogen (secondary N) is 3. The number of carbonyl (C=O) groups is 1. The van der Waals surface area contributed by atoms with Crippen molar-refractivity contribution in [3.8, 4) is 0 Å². The van der Waals surface area contributed by atoms with E-state index in [1.54, 1.807) is 13.1 Å². The fourth-order valence-electron chi connectivity index (χ4n) is 2.76. The van der Waals surface area contributed by atoms with Gasteiger partial charge in [0.1, 0.15) is 10.7 Å². The Labute approximate surface area is 163 Å². The molecule has 1 aliphatic heterocycles. The minimum atomic E-state index is -3.90. The molecule has 1 unspecified atom stereocenters. The fraction of sp³-hybridized carbons (Fsp3) is 0.375. The summed E-state index contributed by atoms with van der Waals surface area (Å²) in [5.74, 6) is -1.12. The number of hydrogen-bond acceptors (Lipinski definition) is 5. The highest BCUT2D eigenvalue weighted by atomic mass is 35.5. The number of halogens is 2. The average Bonchev–Trinajstić information content (AvgIpc) is 3.04. The molecular formula is C16H21ClFN5O3S. The van der Waals surface area contributed by atoms with Gasteiger partial charge in [-0.3, -0.25) is 9.48 Å². The van der Waals surface area contributed by atoms with Gasteiger partial charge in [0.2, 0.25) is 15.9 Å². The summed E-state index contributed by atoms with van der Waals surface area (Å²) in [6.45, 7) is 2.65. The molecule has 3 N–H and O–H groups in total. The molecule has 0 aliphatic carbocycles.